The number of benzene rings is 1. The number of hydrogen-bond acceptors (Lipinski definition) is 4. The van der Waals surface area contributed by atoms with E-state index >= 15 is 0 Å². The summed E-state index contributed by atoms with van der Waals surface area (Å²) in [6.07, 6.45) is 1.10. The van der Waals surface area contributed by atoms with E-state index < -0.39 is 0 Å². The molecule has 1 aromatic heterocycles. The second-order valence-corrected chi connectivity index (χ2v) is 7.21. The van der Waals surface area contributed by atoms with E-state index in [4.69, 9.17) is 4.74 Å². The van der Waals surface area contributed by atoms with Crippen molar-refractivity contribution in [1.29, 1.82) is 0 Å². The van der Waals surface area contributed by atoms with Gasteiger partial charge in [-0.25, -0.2) is 0 Å². The first-order valence-corrected chi connectivity index (χ1v) is 8.71. The maximum Gasteiger partial charge on any atom is 0.261 e. The molecule has 0 bridgehead atoms. The Morgan fingerprint density at radius 3 is 3.00 bits per heavy atom. The lowest BCUT2D eigenvalue weighted by atomic mass is 10.1. The Balaban J connectivity index is 1.52. The first-order valence-electron chi connectivity index (χ1n) is 7.89. The minimum Gasteiger partial charge on any atom is -0.497 e. The molecule has 0 aliphatic carbocycles. The SMILES string of the molecule is COc1cccc(N2CCC(CNC(=O)c3ccc(C)s3)C2)c1. The van der Waals surface area contributed by atoms with Gasteiger partial charge in [0, 0.05) is 36.3 Å². The van der Waals surface area contributed by atoms with Gasteiger partial charge in [0.15, 0.2) is 0 Å². The van der Waals surface area contributed by atoms with Gasteiger partial charge in [0.2, 0.25) is 0 Å². The zero-order valence-electron chi connectivity index (χ0n) is 13.5. The first-order chi connectivity index (χ1) is 11.2. The Labute approximate surface area is 141 Å². The molecule has 1 aromatic carbocycles. The van der Waals surface area contributed by atoms with Crippen LogP contribution in [0, 0.1) is 12.8 Å². The molecule has 1 fully saturated rings. The van der Waals surface area contributed by atoms with Crippen LogP contribution in [-0.4, -0.2) is 32.7 Å². The number of hydrogen-bond donors (Lipinski definition) is 1. The number of anilines is 1. The number of aryl methyl sites for hydroxylation is 1. The number of methoxy groups -OCH3 is 1. The molecule has 1 N–H and O–H groups in total. The molecule has 1 aliphatic rings. The number of ether oxygens (including phenoxy) is 1. The van der Waals surface area contributed by atoms with Crippen molar-refractivity contribution in [2.24, 2.45) is 5.92 Å². The zero-order valence-corrected chi connectivity index (χ0v) is 14.4. The summed E-state index contributed by atoms with van der Waals surface area (Å²) >= 11 is 1.54. The number of carbonyl (C=O) groups is 1. The van der Waals surface area contributed by atoms with E-state index in [9.17, 15) is 4.79 Å². The Morgan fingerprint density at radius 1 is 1.39 bits per heavy atom. The van der Waals surface area contributed by atoms with E-state index in [-0.39, 0.29) is 5.91 Å². The van der Waals surface area contributed by atoms with Crippen LogP contribution in [0.4, 0.5) is 5.69 Å². The predicted octanol–water partition coefficient (Wildman–Crippen LogP) is 3.32. The average molecular weight is 330 g/mol. The third kappa shape index (κ3) is 3.85. The maximum absolute atomic E-state index is 12.1. The Bertz CT molecular complexity index is 683. The fourth-order valence-corrected chi connectivity index (χ4v) is 3.71. The number of rotatable bonds is 5. The van der Waals surface area contributed by atoms with Crippen LogP contribution in [-0.2, 0) is 0 Å². The summed E-state index contributed by atoms with van der Waals surface area (Å²) in [6, 6.07) is 12.0. The highest BCUT2D eigenvalue weighted by Crippen LogP contribution is 2.26. The summed E-state index contributed by atoms with van der Waals surface area (Å²) in [4.78, 5) is 16.4. The fourth-order valence-electron chi connectivity index (χ4n) is 2.92. The van der Waals surface area contributed by atoms with Crippen molar-refractivity contribution in [3.8, 4) is 5.75 Å². The molecular weight excluding hydrogens is 308 g/mol. The summed E-state index contributed by atoms with van der Waals surface area (Å²) < 4.78 is 5.29. The minimum atomic E-state index is 0.0444. The molecule has 1 aliphatic heterocycles. The van der Waals surface area contributed by atoms with Crippen molar-refractivity contribution >= 4 is 22.9 Å². The van der Waals surface area contributed by atoms with Gasteiger partial charge in [-0.1, -0.05) is 6.07 Å². The molecule has 23 heavy (non-hydrogen) atoms. The van der Waals surface area contributed by atoms with Gasteiger partial charge in [-0.2, -0.15) is 0 Å². The fraction of sp³-hybridized carbons (Fsp3) is 0.389. The first kappa shape index (κ1) is 15.9. The Kier molecular flexibility index (Phi) is 4.86. The van der Waals surface area contributed by atoms with E-state index in [1.807, 2.05) is 31.2 Å². The zero-order chi connectivity index (χ0) is 16.2. The van der Waals surface area contributed by atoms with Crippen molar-refractivity contribution in [2.75, 3.05) is 31.6 Å². The lowest BCUT2D eigenvalue weighted by molar-refractivity contribution is 0.0952. The van der Waals surface area contributed by atoms with Gasteiger partial charge in [0.05, 0.1) is 12.0 Å². The second-order valence-electron chi connectivity index (χ2n) is 5.92. The van der Waals surface area contributed by atoms with Gasteiger partial charge in [-0.15, -0.1) is 11.3 Å². The monoisotopic (exact) mass is 330 g/mol. The number of nitrogens with one attached hydrogen (secondary N) is 1. The summed E-state index contributed by atoms with van der Waals surface area (Å²) in [6.45, 7) is 4.74. The van der Waals surface area contributed by atoms with Crippen molar-refractivity contribution < 1.29 is 9.53 Å². The largest absolute Gasteiger partial charge is 0.497 e. The highest BCUT2D eigenvalue weighted by atomic mass is 32.1. The van der Waals surface area contributed by atoms with E-state index in [0.717, 1.165) is 36.7 Å². The summed E-state index contributed by atoms with van der Waals surface area (Å²) in [7, 11) is 1.69. The van der Waals surface area contributed by atoms with Crippen LogP contribution in [0.15, 0.2) is 36.4 Å². The van der Waals surface area contributed by atoms with Crippen molar-refractivity contribution in [1.82, 2.24) is 5.32 Å². The van der Waals surface area contributed by atoms with Crippen LogP contribution in [0.2, 0.25) is 0 Å². The lowest BCUT2D eigenvalue weighted by Gasteiger charge is -2.19. The normalized spacial score (nSPS) is 17.3. The predicted molar refractivity (Wildman–Crippen MR) is 94.7 cm³/mol. The van der Waals surface area contributed by atoms with E-state index in [1.54, 1.807) is 18.4 Å². The number of amides is 1. The maximum atomic E-state index is 12.1. The summed E-state index contributed by atoms with van der Waals surface area (Å²) in [5.41, 5.74) is 1.19. The number of carbonyl (C=O) groups excluding carboxylic acids is 1. The third-order valence-corrected chi connectivity index (χ3v) is 5.22. The van der Waals surface area contributed by atoms with Gasteiger partial charge >= 0.3 is 0 Å². The van der Waals surface area contributed by atoms with E-state index in [0.29, 0.717) is 5.92 Å². The Hall–Kier alpha value is -2.01. The highest BCUT2D eigenvalue weighted by molar-refractivity contribution is 7.13. The quantitative estimate of drug-likeness (QED) is 0.914. The minimum absolute atomic E-state index is 0.0444. The van der Waals surface area contributed by atoms with Crippen LogP contribution in [0.5, 0.6) is 5.75 Å². The van der Waals surface area contributed by atoms with Gasteiger partial charge in [-0.3, -0.25) is 4.79 Å². The molecule has 4 nitrogen and oxygen atoms in total. The van der Waals surface area contributed by atoms with Crippen LogP contribution >= 0.6 is 11.3 Å². The van der Waals surface area contributed by atoms with Crippen molar-refractivity contribution in [3.63, 3.8) is 0 Å². The standard InChI is InChI=1S/C18H22N2O2S/c1-13-6-7-17(23-13)18(21)19-11-14-8-9-20(12-14)15-4-3-5-16(10-15)22-2/h3-7,10,14H,8-9,11-12H2,1-2H3,(H,19,21). The molecule has 1 saturated heterocycles. The smallest absolute Gasteiger partial charge is 0.261 e. The molecule has 5 heteroatoms. The summed E-state index contributed by atoms with van der Waals surface area (Å²) in [5, 5.41) is 3.07. The molecule has 122 valence electrons. The average Bonchev–Trinajstić information content (AvgIpc) is 3.22. The molecule has 0 saturated carbocycles. The molecule has 0 spiro atoms. The lowest BCUT2D eigenvalue weighted by Crippen LogP contribution is -2.30. The molecule has 2 aromatic rings. The molecule has 1 amide bonds. The van der Waals surface area contributed by atoms with Crippen molar-refractivity contribution in [2.45, 2.75) is 13.3 Å². The van der Waals surface area contributed by atoms with E-state index in [1.165, 1.54) is 10.6 Å². The molecule has 1 atom stereocenters. The topological polar surface area (TPSA) is 41.6 Å². The van der Waals surface area contributed by atoms with Crippen LogP contribution in [0.25, 0.3) is 0 Å². The molecule has 2 heterocycles. The molecular formula is C18H22N2O2S. The van der Waals surface area contributed by atoms with Crippen LogP contribution < -0.4 is 15.0 Å². The highest BCUT2D eigenvalue weighted by Gasteiger charge is 2.23. The third-order valence-electron chi connectivity index (χ3n) is 4.22. The second kappa shape index (κ2) is 7.04. The number of nitrogens with zero attached hydrogens (tertiary/aromatic N) is 1. The number of thiophene rings is 1. The molecule has 1 unspecified atom stereocenters. The van der Waals surface area contributed by atoms with Gasteiger partial charge < -0.3 is 15.0 Å². The van der Waals surface area contributed by atoms with Crippen LogP contribution in [0.1, 0.15) is 21.0 Å². The van der Waals surface area contributed by atoms with Crippen molar-refractivity contribution in [3.05, 3.63) is 46.2 Å². The van der Waals surface area contributed by atoms with Gasteiger partial charge in [-0.05, 0) is 43.5 Å². The van der Waals surface area contributed by atoms with Crippen LogP contribution in [0.3, 0.4) is 0 Å². The molecule has 3 rings (SSSR count). The van der Waals surface area contributed by atoms with Gasteiger partial charge in [0.25, 0.3) is 5.91 Å². The van der Waals surface area contributed by atoms with E-state index in [2.05, 4.69) is 22.3 Å². The summed E-state index contributed by atoms with van der Waals surface area (Å²) in [5.74, 6) is 1.42. The Morgan fingerprint density at radius 2 is 2.26 bits per heavy atom. The molecule has 0 radical (unpaired) electrons. The van der Waals surface area contributed by atoms with Gasteiger partial charge in [0.1, 0.15) is 5.75 Å².